The molecule has 0 saturated heterocycles. The summed E-state index contributed by atoms with van der Waals surface area (Å²) in [5.41, 5.74) is -5.92. The van der Waals surface area contributed by atoms with E-state index in [1.807, 2.05) is 0 Å². The number of Topliss-reactive ketones (excluding diaryl/α,β-unsaturated/α-hetero) is 2. The van der Waals surface area contributed by atoms with E-state index in [0.717, 1.165) is 6.92 Å². The molecule has 0 amide bonds. The summed E-state index contributed by atoms with van der Waals surface area (Å²) in [5.74, 6) is -15.1. The van der Waals surface area contributed by atoms with Crippen molar-refractivity contribution in [3.8, 4) is 0 Å². The Labute approximate surface area is 112 Å². The number of carbonyl (C=O) groups excluding carboxylic acids is 2. The third-order valence-electron chi connectivity index (χ3n) is 2.65. The van der Waals surface area contributed by atoms with E-state index >= 15 is 0 Å². The van der Waals surface area contributed by atoms with Gasteiger partial charge in [0.25, 0.3) is 17.6 Å². The van der Waals surface area contributed by atoms with Crippen LogP contribution in [-0.4, -0.2) is 41.2 Å². The normalized spacial score (nSPS) is 15.7. The zero-order valence-electron chi connectivity index (χ0n) is 10.3. The molecule has 0 aliphatic carbocycles. The standard InChI is InChI=1S/C10H9F7O4/c1-2-3-4(18)9(13,14)8(7(11)12,10(15,16)17)5(19)6(20)21/h7H,2-3H2,1H3,(H,20,21). The average Bonchev–Trinajstić information content (AvgIpc) is 2.26. The lowest BCUT2D eigenvalue weighted by Gasteiger charge is -2.37. The van der Waals surface area contributed by atoms with Crippen LogP contribution < -0.4 is 0 Å². The van der Waals surface area contributed by atoms with Crippen LogP contribution in [0.1, 0.15) is 19.8 Å². The Balaban J connectivity index is 6.47. The summed E-state index contributed by atoms with van der Waals surface area (Å²) in [7, 11) is 0. The van der Waals surface area contributed by atoms with Crippen LogP contribution in [0.15, 0.2) is 0 Å². The van der Waals surface area contributed by atoms with Gasteiger partial charge in [-0.1, -0.05) is 6.92 Å². The summed E-state index contributed by atoms with van der Waals surface area (Å²) in [5, 5.41) is 8.18. The predicted octanol–water partition coefficient (Wildman–Crippen LogP) is 2.46. The van der Waals surface area contributed by atoms with E-state index in [0.29, 0.717) is 0 Å². The van der Waals surface area contributed by atoms with Gasteiger partial charge in [-0.2, -0.15) is 22.0 Å². The van der Waals surface area contributed by atoms with Gasteiger partial charge in [-0.15, -0.1) is 0 Å². The molecular weight excluding hydrogens is 317 g/mol. The van der Waals surface area contributed by atoms with Gasteiger partial charge in [0.1, 0.15) is 0 Å². The summed E-state index contributed by atoms with van der Waals surface area (Å²) in [4.78, 5) is 32.3. The summed E-state index contributed by atoms with van der Waals surface area (Å²) < 4.78 is 90.9. The molecule has 0 aromatic rings. The van der Waals surface area contributed by atoms with Crippen LogP contribution in [0.2, 0.25) is 0 Å². The number of hydrogen-bond acceptors (Lipinski definition) is 3. The maximum absolute atomic E-state index is 13.6. The maximum Gasteiger partial charge on any atom is 0.413 e. The third-order valence-corrected chi connectivity index (χ3v) is 2.65. The first kappa shape index (κ1) is 19.3. The molecule has 0 aliphatic rings. The minimum atomic E-state index is -6.65. The van der Waals surface area contributed by atoms with E-state index in [-0.39, 0.29) is 0 Å². The van der Waals surface area contributed by atoms with Crippen molar-refractivity contribution in [3.63, 3.8) is 0 Å². The van der Waals surface area contributed by atoms with E-state index in [1.165, 1.54) is 0 Å². The first-order chi connectivity index (χ1) is 9.28. The molecular formula is C10H9F7O4. The van der Waals surface area contributed by atoms with Crippen molar-refractivity contribution >= 4 is 17.5 Å². The van der Waals surface area contributed by atoms with Crippen LogP contribution in [0.3, 0.4) is 0 Å². The Morgan fingerprint density at radius 2 is 1.48 bits per heavy atom. The molecule has 122 valence electrons. The molecule has 1 unspecified atom stereocenters. The summed E-state index contributed by atoms with van der Waals surface area (Å²) in [6.07, 6.45) is -13.4. The van der Waals surface area contributed by atoms with Crippen molar-refractivity contribution in [1.29, 1.82) is 0 Å². The highest BCUT2D eigenvalue weighted by molar-refractivity contribution is 6.36. The first-order valence-electron chi connectivity index (χ1n) is 5.32. The molecule has 1 atom stereocenters. The minimum absolute atomic E-state index is 0.410. The second-order valence-corrected chi connectivity index (χ2v) is 3.99. The zero-order chi connectivity index (χ0) is 17.2. The van der Waals surface area contributed by atoms with Crippen molar-refractivity contribution < 1.29 is 50.2 Å². The molecule has 11 heteroatoms. The van der Waals surface area contributed by atoms with E-state index < -0.39 is 54.3 Å². The first-order valence-corrected chi connectivity index (χ1v) is 5.32. The van der Waals surface area contributed by atoms with Crippen molar-refractivity contribution in [2.24, 2.45) is 5.41 Å². The molecule has 0 aromatic carbocycles. The highest BCUT2D eigenvalue weighted by Gasteiger charge is 2.82. The van der Waals surface area contributed by atoms with Crippen LogP contribution in [-0.2, 0) is 14.4 Å². The second-order valence-electron chi connectivity index (χ2n) is 3.99. The van der Waals surface area contributed by atoms with Crippen molar-refractivity contribution in [1.82, 2.24) is 0 Å². The van der Waals surface area contributed by atoms with Gasteiger partial charge in [-0.25, -0.2) is 13.6 Å². The number of rotatable bonds is 7. The molecule has 0 spiro atoms. The average molecular weight is 326 g/mol. The molecule has 0 aromatic heterocycles. The Bertz CT molecular complexity index is 443. The molecule has 4 nitrogen and oxygen atoms in total. The van der Waals surface area contributed by atoms with Crippen LogP contribution in [0.5, 0.6) is 0 Å². The molecule has 1 N–H and O–H groups in total. The lowest BCUT2D eigenvalue weighted by Crippen LogP contribution is -2.66. The molecule has 0 saturated carbocycles. The van der Waals surface area contributed by atoms with Gasteiger partial charge in [-0.3, -0.25) is 9.59 Å². The molecule has 0 radical (unpaired) electrons. The monoisotopic (exact) mass is 326 g/mol. The molecule has 0 aliphatic heterocycles. The van der Waals surface area contributed by atoms with Gasteiger partial charge in [0, 0.05) is 6.42 Å². The van der Waals surface area contributed by atoms with Gasteiger partial charge in [0.2, 0.25) is 5.78 Å². The Hall–Kier alpha value is -1.68. The minimum Gasteiger partial charge on any atom is -0.475 e. The number of ketones is 2. The van der Waals surface area contributed by atoms with Crippen molar-refractivity contribution in [2.45, 2.75) is 38.3 Å². The smallest absolute Gasteiger partial charge is 0.413 e. The Morgan fingerprint density at radius 3 is 1.71 bits per heavy atom. The molecule has 0 fully saturated rings. The fraction of sp³-hybridized carbons (Fsp3) is 0.700. The van der Waals surface area contributed by atoms with Gasteiger partial charge >= 0.3 is 18.1 Å². The summed E-state index contributed by atoms with van der Waals surface area (Å²) in [6.45, 7) is 1.10. The molecule has 0 heterocycles. The second kappa shape index (κ2) is 5.98. The van der Waals surface area contributed by atoms with E-state index in [1.54, 1.807) is 0 Å². The largest absolute Gasteiger partial charge is 0.475 e. The Morgan fingerprint density at radius 1 is 1.05 bits per heavy atom. The number of alkyl halides is 7. The highest BCUT2D eigenvalue weighted by atomic mass is 19.4. The quantitative estimate of drug-likeness (QED) is 0.576. The fourth-order valence-corrected chi connectivity index (χ4v) is 1.58. The van der Waals surface area contributed by atoms with Crippen LogP contribution in [0.4, 0.5) is 30.7 Å². The summed E-state index contributed by atoms with van der Waals surface area (Å²) in [6, 6.07) is 0. The lowest BCUT2D eigenvalue weighted by atomic mass is 9.74. The molecule has 0 rings (SSSR count). The van der Waals surface area contributed by atoms with E-state index in [9.17, 15) is 45.1 Å². The lowest BCUT2D eigenvalue weighted by molar-refractivity contribution is -0.308. The predicted molar refractivity (Wildman–Crippen MR) is 52.0 cm³/mol. The number of hydrogen-bond donors (Lipinski definition) is 1. The van der Waals surface area contributed by atoms with Gasteiger partial charge < -0.3 is 5.11 Å². The highest BCUT2D eigenvalue weighted by Crippen LogP contribution is 2.54. The number of carboxylic acid groups (broad SMARTS) is 1. The third kappa shape index (κ3) is 2.86. The number of carboxylic acids is 1. The van der Waals surface area contributed by atoms with Crippen LogP contribution >= 0.6 is 0 Å². The van der Waals surface area contributed by atoms with E-state index in [2.05, 4.69) is 0 Å². The van der Waals surface area contributed by atoms with Gasteiger partial charge in [0.15, 0.2) is 0 Å². The topological polar surface area (TPSA) is 71.4 Å². The summed E-state index contributed by atoms with van der Waals surface area (Å²) >= 11 is 0. The number of halogens is 7. The number of carbonyl (C=O) groups is 3. The van der Waals surface area contributed by atoms with E-state index in [4.69, 9.17) is 5.11 Å². The Kier molecular flexibility index (Phi) is 5.50. The molecule has 21 heavy (non-hydrogen) atoms. The number of aliphatic carboxylic acids is 1. The van der Waals surface area contributed by atoms with Crippen molar-refractivity contribution in [2.75, 3.05) is 0 Å². The van der Waals surface area contributed by atoms with Crippen LogP contribution in [0, 0.1) is 5.41 Å². The van der Waals surface area contributed by atoms with Gasteiger partial charge in [0.05, 0.1) is 0 Å². The van der Waals surface area contributed by atoms with Gasteiger partial charge in [-0.05, 0) is 6.42 Å². The SMILES string of the molecule is CCCC(=O)C(F)(F)C(C(=O)C(=O)O)(C(F)F)C(F)(F)F. The molecule has 0 bridgehead atoms. The van der Waals surface area contributed by atoms with Crippen molar-refractivity contribution in [3.05, 3.63) is 0 Å². The fourth-order valence-electron chi connectivity index (χ4n) is 1.58. The zero-order valence-corrected chi connectivity index (χ0v) is 10.3. The van der Waals surface area contributed by atoms with Crippen LogP contribution in [0.25, 0.3) is 0 Å². The maximum atomic E-state index is 13.6.